The van der Waals surface area contributed by atoms with E-state index in [1.165, 1.54) is 12.8 Å². The van der Waals surface area contributed by atoms with Gasteiger partial charge in [0, 0.05) is 12.1 Å². The van der Waals surface area contributed by atoms with Crippen LogP contribution in [0.15, 0.2) is 35.7 Å². The van der Waals surface area contributed by atoms with E-state index in [2.05, 4.69) is 11.9 Å². The van der Waals surface area contributed by atoms with E-state index in [1.807, 2.05) is 35.7 Å². The maximum absolute atomic E-state index is 5.61. The summed E-state index contributed by atoms with van der Waals surface area (Å²) in [5.74, 6) is 1.20. The third-order valence-electron chi connectivity index (χ3n) is 2.40. The molecule has 2 heterocycles. The SMILES string of the molecule is CCCCCOc1cccc(Oc2cccs2)n1. The molecule has 4 heteroatoms. The Bertz CT molecular complexity index is 457. The van der Waals surface area contributed by atoms with Gasteiger partial charge in [-0.25, -0.2) is 0 Å². The zero-order chi connectivity index (χ0) is 12.6. The van der Waals surface area contributed by atoms with Crippen LogP contribution in [0.5, 0.6) is 16.8 Å². The number of aromatic nitrogens is 1. The van der Waals surface area contributed by atoms with Crippen LogP contribution < -0.4 is 9.47 Å². The predicted molar refractivity (Wildman–Crippen MR) is 73.7 cm³/mol. The maximum Gasteiger partial charge on any atom is 0.223 e. The van der Waals surface area contributed by atoms with Crippen molar-refractivity contribution in [3.63, 3.8) is 0 Å². The molecule has 0 saturated carbocycles. The van der Waals surface area contributed by atoms with Crippen molar-refractivity contribution in [1.29, 1.82) is 0 Å². The second kappa shape index (κ2) is 7.01. The number of thiophene rings is 1. The Labute approximate surface area is 111 Å². The molecular weight excluding hydrogens is 246 g/mol. The fourth-order valence-corrected chi connectivity index (χ4v) is 2.07. The van der Waals surface area contributed by atoms with Gasteiger partial charge in [-0.15, -0.1) is 11.3 Å². The molecule has 0 aliphatic rings. The minimum atomic E-state index is 0.574. The molecular formula is C14H17NO2S. The molecule has 0 spiro atoms. The van der Waals surface area contributed by atoms with Crippen molar-refractivity contribution in [2.75, 3.05) is 6.61 Å². The highest BCUT2D eigenvalue weighted by molar-refractivity contribution is 7.11. The molecule has 0 saturated heterocycles. The van der Waals surface area contributed by atoms with Gasteiger partial charge in [0.15, 0.2) is 5.06 Å². The zero-order valence-corrected chi connectivity index (χ0v) is 11.3. The molecule has 2 aromatic rings. The number of hydrogen-bond acceptors (Lipinski definition) is 4. The summed E-state index contributed by atoms with van der Waals surface area (Å²) >= 11 is 1.55. The monoisotopic (exact) mass is 263 g/mol. The molecule has 3 nitrogen and oxygen atoms in total. The van der Waals surface area contributed by atoms with E-state index in [0.717, 1.165) is 11.5 Å². The Balaban J connectivity index is 1.88. The van der Waals surface area contributed by atoms with Gasteiger partial charge in [-0.05, 0) is 23.9 Å². The first-order chi connectivity index (χ1) is 8.88. The molecule has 0 amide bonds. The zero-order valence-electron chi connectivity index (χ0n) is 10.5. The van der Waals surface area contributed by atoms with E-state index in [0.29, 0.717) is 18.4 Å². The van der Waals surface area contributed by atoms with Crippen LogP contribution in [0.1, 0.15) is 26.2 Å². The van der Waals surface area contributed by atoms with Gasteiger partial charge in [0.25, 0.3) is 0 Å². The van der Waals surface area contributed by atoms with Gasteiger partial charge >= 0.3 is 0 Å². The topological polar surface area (TPSA) is 31.4 Å². The smallest absolute Gasteiger partial charge is 0.223 e. The Kier molecular flexibility index (Phi) is 5.02. The van der Waals surface area contributed by atoms with Crippen molar-refractivity contribution in [3.8, 4) is 16.8 Å². The number of nitrogens with zero attached hydrogens (tertiary/aromatic N) is 1. The molecule has 96 valence electrons. The summed E-state index contributed by atoms with van der Waals surface area (Å²) in [6.45, 7) is 2.89. The van der Waals surface area contributed by atoms with Gasteiger partial charge in [-0.1, -0.05) is 25.8 Å². The van der Waals surface area contributed by atoms with Gasteiger partial charge in [0.05, 0.1) is 6.61 Å². The van der Waals surface area contributed by atoms with Crippen molar-refractivity contribution >= 4 is 11.3 Å². The fraction of sp³-hybridized carbons (Fsp3) is 0.357. The number of rotatable bonds is 7. The van der Waals surface area contributed by atoms with Gasteiger partial charge in [-0.3, -0.25) is 0 Å². The van der Waals surface area contributed by atoms with Crippen molar-refractivity contribution in [2.45, 2.75) is 26.2 Å². The lowest BCUT2D eigenvalue weighted by Gasteiger charge is -2.06. The van der Waals surface area contributed by atoms with Crippen molar-refractivity contribution < 1.29 is 9.47 Å². The van der Waals surface area contributed by atoms with Gasteiger partial charge in [-0.2, -0.15) is 4.98 Å². The predicted octanol–water partition coefficient (Wildman–Crippen LogP) is 4.50. The molecule has 0 aliphatic heterocycles. The second-order valence-corrected chi connectivity index (χ2v) is 4.81. The lowest BCUT2D eigenvalue weighted by Crippen LogP contribution is -1.99. The number of hydrogen-bond donors (Lipinski definition) is 0. The molecule has 2 rings (SSSR count). The van der Waals surface area contributed by atoms with E-state index in [4.69, 9.17) is 9.47 Å². The summed E-state index contributed by atoms with van der Waals surface area (Å²) in [5.41, 5.74) is 0. The molecule has 0 N–H and O–H groups in total. The highest BCUT2D eigenvalue weighted by Gasteiger charge is 2.01. The minimum Gasteiger partial charge on any atom is -0.478 e. The Hall–Kier alpha value is -1.55. The molecule has 18 heavy (non-hydrogen) atoms. The summed E-state index contributed by atoms with van der Waals surface area (Å²) in [7, 11) is 0. The number of pyridine rings is 1. The maximum atomic E-state index is 5.61. The third kappa shape index (κ3) is 4.04. The molecule has 0 bridgehead atoms. The van der Waals surface area contributed by atoms with Gasteiger partial charge < -0.3 is 9.47 Å². The van der Waals surface area contributed by atoms with Crippen LogP contribution in [-0.4, -0.2) is 11.6 Å². The first kappa shape index (κ1) is 12.9. The van der Waals surface area contributed by atoms with Crippen LogP contribution in [0, 0.1) is 0 Å². The molecule has 0 radical (unpaired) electrons. The van der Waals surface area contributed by atoms with E-state index in [9.17, 15) is 0 Å². The molecule has 0 unspecified atom stereocenters. The summed E-state index contributed by atoms with van der Waals surface area (Å²) in [4.78, 5) is 4.31. The van der Waals surface area contributed by atoms with Crippen molar-refractivity contribution in [1.82, 2.24) is 4.98 Å². The van der Waals surface area contributed by atoms with Crippen LogP contribution in [0.25, 0.3) is 0 Å². The van der Waals surface area contributed by atoms with E-state index in [1.54, 1.807) is 11.3 Å². The minimum absolute atomic E-state index is 0.574. The number of unbranched alkanes of at least 4 members (excludes halogenated alkanes) is 2. The molecule has 0 atom stereocenters. The van der Waals surface area contributed by atoms with Crippen LogP contribution in [-0.2, 0) is 0 Å². The van der Waals surface area contributed by atoms with E-state index in [-0.39, 0.29) is 0 Å². The standard InChI is InChI=1S/C14H17NO2S/c1-2-3-4-10-16-12-7-5-8-13(15-12)17-14-9-6-11-18-14/h5-9,11H,2-4,10H2,1H3. The first-order valence-corrected chi connectivity index (χ1v) is 7.07. The largest absolute Gasteiger partial charge is 0.478 e. The van der Waals surface area contributed by atoms with Gasteiger partial charge in [0.1, 0.15) is 0 Å². The fourth-order valence-electron chi connectivity index (χ4n) is 1.49. The molecule has 0 aliphatic carbocycles. The Morgan fingerprint density at radius 2 is 2.00 bits per heavy atom. The molecule has 2 aromatic heterocycles. The third-order valence-corrected chi connectivity index (χ3v) is 3.14. The van der Waals surface area contributed by atoms with Crippen LogP contribution >= 0.6 is 11.3 Å². The van der Waals surface area contributed by atoms with E-state index >= 15 is 0 Å². The number of ether oxygens (including phenoxy) is 2. The van der Waals surface area contributed by atoms with Crippen LogP contribution in [0.4, 0.5) is 0 Å². The van der Waals surface area contributed by atoms with Crippen molar-refractivity contribution in [3.05, 3.63) is 35.7 Å². The lowest BCUT2D eigenvalue weighted by molar-refractivity contribution is 0.291. The van der Waals surface area contributed by atoms with E-state index < -0.39 is 0 Å². The Morgan fingerprint density at radius 3 is 2.78 bits per heavy atom. The van der Waals surface area contributed by atoms with Crippen LogP contribution in [0.3, 0.4) is 0 Å². The lowest BCUT2D eigenvalue weighted by atomic mass is 10.3. The first-order valence-electron chi connectivity index (χ1n) is 6.19. The highest BCUT2D eigenvalue weighted by atomic mass is 32.1. The molecule has 0 fully saturated rings. The summed E-state index contributed by atoms with van der Waals surface area (Å²) in [5, 5.41) is 2.81. The summed E-state index contributed by atoms with van der Waals surface area (Å²) < 4.78 is 11.2. The average molecular weight is 263 g/mol. The van der Waals surface area contributed by atoms with Crippen molar-refractivity contribution in [2.24, 2.45) is 0 Å². The highest BCUT2D eigenvalue weighted by Crippen LogP contribution is 2.25. The normalized spacial score (nSPS) is 10.3. The van der Waals surface area contributed by atoms with Gasteiger partial charge in [0.2, 0.25) is 11.8 Å². The Morgan fingerprint density at radius 1 is 1.11 bits per heavy atom. The van der Waals surface area contributed by atoms with Crippen LogP contribution in [0.2, 0.25) is 0 Å². The molecule has 0 aromatic carbocycles. The second-order valence-electron chi connectivity index (χ2n) is 3.90. The summed E-state index contributed by atoms with van der Waals surface area (Å²) in [6.07, 6.45) is 3.44. The quantitative estimate of drug-likeness (QED) is 0.689. The summed E-state index contributed by atoms with van der Waals surface area (Å²) in [6, 6.07) is 9.45. The average Bonchev–Trinajstić information content (AvgIpc) is 2.88.